The maximum absolute atomic E-state index is 12.2. The number of primary amides is 1. The SMILES string of the molecule is Cc1nc(NC(=O)CC(C)C2CCCNC2)sc1SCC(N)=O.Cl. The summed E-state index contributed by atoms with van der Waals surface area (Å²) in [6.45, 7) is 6.09. The summed E-state index contributed by atoms with van der Waals surface area (Å²) >= 11 is 2.75. The van der Waals surface area contributed by atoms with Crippen LogP contribution in [0.2, 0.25) is 0 Å². The Morgan fingerprint density at radius 1 is 1.54 bits per heavy atom. The van der Waals surface area contributed by atoms with Crippen LogP contribution >= 0.6 is 35.5 Å². The number of thiazole rings is 1. The van der Waals surface area contributed by atoms with E-state index in [2.05, 4.69) is 22.5 Å². The van der Waals surface area contributed by atoms with Gasteiger partial charge in [0.25, 0.3) is 0 Å². The quantitative estimate of drug-likeness (QED) is 0.619. The van der Waals surface area contributed by atoms with Gasteiger partial charge in [-0.3, -0.25) is 9.59 Å². The number of rotatable bonds is 7. The molecule has 1 aromatic rings. The van der Waals surface area contributed by atoms with E-state index in [4.69, 9.17) is 5.73 Å². The molecule has 0 radical (unpaired) electrons. The lowest BCUT2D eigenvalue weighted by atomic mass is 9.85. The van der Waals surface area contributed by atoms with E-state index in [1.54, 1.807) is 0 Å². The van der Waals surface area contributed by atoms with Gasteiger partial charge >= 0.3 is 0 Å². The molecule has 1 aliphatic heterocycles. The second-order valence-corrected chi connectivity index (χ2v) is 8.23. The number of piperidine rings is 1. The molecular formula is C15H25ClN4O2S2. The molecule has 2 rings (SSSR count). The summed E-state index contributed by atoms with van der Waals surface area (Å²) in [4.78, 5) is 27.4. The predicted octanol–water partition coefficient (Wildman–Crippen LogP) is 2.42. The van der Waals surface area contributed by atoms with Crippen molar-refractivity contribution < 1.29 is 9.59 Å². The molecule has 1 fully saturated rings. The maximum Gasteiger partial charge on any atom is 0.227 e. The number of hydrogen-bond donors (Lipinski definition) is 3. The van der Waals surface area contributed by atoms with Crippen molar-refractivity contribution in [3.05, 3.63) is 5.69 Å². The lowest BCUT2D eigenvalue weighted by Gasteiger charge is -2.27. The molecule has 2 heterocycles. The zero-order chi connectivity index (χ0) is 16.8. The smallest absolute Gasteiger partial charge is 0.227 e. The molecule has 2 atom stereocenters. The van der Waals surface area contributed by atoms with Crippen molar-refractivity contribution in [2.24, 2.45) is 17.6 Å². The molecule has 4 N–H and O–H groups in total. The van der Waals surface area contributed by atoms with Crippen LogP contribution < -0.4 is 16.4 Å². The standard InChI is InChI=1S/C15H24N4O2S2.ClH/c1-9(11-4-3-5-17-7-11)6-13(21)19-15-18-10(2)14(23-15)22-8-12(16)20;/h9,11,17H,3-8H2,1-2H3,(H2,16,20)(H,18,19,21);1H. The number of halogens is 1. The fourth-order valence-corrected chi connectivity index (χ4v) is 4.59. The van der Waals surface area contributed by atoms with Crippen molar-refractivity contribution in [3.8, 4) is 0 Å². The van der Waals surface area contributed by atoms with Crippen LogP contribution in [0.1, 0.15) is 31.9 Å². The van der Waals surface area contributed by atoms with Crippen molar-refractivity contribution in [1.29, 1.82) is 0 Å². The summed E-state index contributed by atoms with van der Waals surface area (Å²) in [6, 6.07) is 0. The number of nitrogens with one attached hydrogen (secondary N) is 2. The Hall–Kier alpha value is -0.830. The van der Waals surface area contributed by atoms with Crippen molar-refractivity contribution in [2.45, 2.75) is 37.3 Å². The van der Waals surface area contributed by atoms with E-state index in [-0.39, 0.29) is 30.0 Å². The van der Waals surface area contributed by atoms with Crippen molar-refractivity contribution in [3.63, 3.8) is 0 Å². The molecule has 24 heavy (non-hydrogen) atoms. The van der Waals surface area contributed by atoms with Gasteiger partial charge in [0.15, 0.2) is 5.13 Å². The highest BCUT2D eigenvalue weighted by atomic mass is 35.5. The molecule has 1 aliphatic rings. The first-order valence-electron chi connectivity index (χ1n) is 7.84. The Morgan fingerprint density at radius 3 is 2.92 bits per heavy atom. The van der Waals surface area contributed by atoms with Crippen LogP contribution in [0.25, 0.3) is 0 Å². The highest BCUT2D eigenvalue weighted by Gasteiger charge is 2.22. The molecule has 0 aliphatic carbocycles. The van der Waals surface area contributed by atoms with Crippen LogP contribution in [0.15, 0.2) is 4.21 Å². The molecular weight excluding hydrogens is 368 g/mol. The van der Waals surface area contributed by atoms with E-state index in [0.717, 1.165) is 23.0 Å². The molecule has 2 unspecified atom stereocenters. The molecule has 6 nitrogen and oxygen atoms in total. The van der Waals surface area contributed by atoms with E-state index in [0.29, 0.717) is 23.4 Å². The van der Waals surface area contributed by atoms with E-state index in [9.17, 15) is 9.59 Å². The molecule has 0 bridgehead atoms. The Kier molecular flexibility index (Phi) is 9.04. The van der Waals surface area contributed by atoms with Gasteiger partial charge in [-0.05, 0) is 44.7 Å². The summed E-state index contributed by atoms with van der Waals surface area (Å²) < 4.78 is 0.920. The summed E-state index contributed by atoms with van der Waals surface area (Å²) in [6.07, 6.45) is 2.88. The minimum absolute atomic E-state index is 0. The lowest BCUT2D eigenvalue weighted by Crippen LogP contribution is -2.34. The summed E-state index contributed by atoms with van der Waals surface area (Å²) in [5, 5.41) is 6.86. The van der Waals surface area contributed by atoms with Crippen molar-refractivity contribution in [1.82, 2.24) is 10.3 Å². The van der Waals surface area contributed by atoms with E-state index in [1.807, 2.05) is 6.92 Å². The van der Waals surface area contributed by atoms with Crippen LogP contribution in [0, 0.1) is 18.8 Å². The number of carbonyl (C=O) groups is 2. The zero-order valence-corrected chi connectivity index (χ0v) is 16.4. The van der Waals surface area contributed by atoms with E-state index < -0.39 is 0 Å². The van der Waals surface area contributed by atoms with Gasteiger partial charge < -0.3 is 16.4 Å². The van der Waals surface area contributed by atoms with Gasteiger partial charge in [0.2, 0.25) is 11.8 Å². The number of hydrogen-bond acceptors (Lipinski definition) is 6. The van der Waals surface area contributed by atoms with E-state index in [1.165, 1.54) is 35.9 Å². The average molecular weight is 393 g/mol. The maximum atomic E-state index is 12.2. The minimum atomic E-state index is -0.358. The number of anilines is 1. The third-order valence-electron chi connectivity index (χ3n) is 3.99. The molecule has 1 aromatic heterocycles. The van der Waals surface area contributed by atoms with Crippen LogP contribution in [0.5, 0.6) is 0 Å². The second-order valence-electron chi connectivity index (χ2n) is 5.98. The molecule has 1 saturated heterocycles. The summed E-state index contributed by atoms with van der Waals surface area (Å²) in [7, 11) is 0. The molecule has 0 aromatic carbocycles. The average Bonchev–Trinajstić information content (AvgIpc) is 2.85. The Balaban J connectivity index is 0.00000288. The number of thioether (sulfide) groups is 1. The van der Waals surface area contributed by atoms with Crippen molar-refractivity contribution >= 4 is 52.5 Å². The van der Waals surface area contributed by atoms with Gasteiger partial charge in [0.1, 0.15) is 0 Å². The first-order chi connectivity index (χ1) is 11.0. The highest BCUT2D eigenvalue weighted by Crippen LogP contribution is 2.32. The number of aromatic nitrogens is 1. The summed E-state index contributed by atoms with van der Waals surface area (Å²) in [5.41, 5.74) is 5.97. The number of aryl methyl sites for hydroxylation is 1. The first-order valence-corrected chi connectivity index (χ1v) is 9.65. The molecule has 0 saturated carbocycles. The topological polar surface area (TPSA) is 97.1 Å². The van der Waals surface area contributed by atoms with Crippen LogP contribution in [0.4, 0.5) is 5.13 Å². The van der Waals surface area contributed by atoms with Crippen LogP contribution in [-0.4, -0.2) is 35.6 Å². The highest BCUT2D eigenvalue weighted by molar-refractivity contribution is 8.01. The monoisotopic (exact) mass is 392 g/mol. The number of nitrogens with two attached hydrogens (primary N) is 1. The number of amides is 2. The number of carbonyl (C=O) groups excluding carboxylic acids is 2. The minimum Gasteiger partial charge on any atom is -0.369 e. The molecule has 2 amide bonds. The third kappa shape index (κ3) is 6.58. The zero-order valence-electron chi connectivity index (χ0n) is 14.0. The number of nitrogens with zero attached hydrogens (tertiary/aromatic N) is 1. The van der Waals surface area contributed by atoms with Gasteiger partial charge in [-0.25, -0.2) is 4.98 Å². The second kappa shape index (κ2) is 10.2. The lowest BCUT2D eigenvalue weighted by molar-refractivity contribution is -0.117. The fourth-order valence-electron chi connectivity index (χ4n) is 2.70. The van der Waals surface area contributed by atoms with Gasteiger partial charge in [-0.2, -0.15) is 0 Å². The third-order valence-corrected chi connectivity index (χ3v) is 6.45. The Labute approximate surface area is 157 Å². The molecule has 9 heteroatoms. The van der Waals surface area contributed by atoms with Gasteiger partial charge in [0, 0.05) is 6.42 Å². The van der Waals surface area contributed by atoms with Gasteiger partial charge in [0.05, 0.1) is 15.7 Å². The molecule has 136 valence electrons. The van der Waals surface area contributed by atoms with Crippen molar-refractivity contribution in [2.75, 3.05) is 24.2 Å². The van der Waals surface area contributed by atoms with Gasteiger partial charge in [-0.1, -0.05) is 18.3 Å². The normalized spacial score (nSPS) is 18.5. The largest absolute Gasteiger partial charge is 0.369 e. The molecule has 0 spiro atoms. The van der Waals surface area contributed by atoms with Crippen LogP contribution in [0.3, 0.4) is 0 Å². The van der Waals surface area contributed by atoms with Gasteiger partial charge in [-0.15, -0.1) is 24.2 Å². The fraction of sp³-hybridized carbons (Fsp3) is 0.667. The van der Waals surface area contributed by atoms with Crippen LogP contribution in [-0.2, 0) is 9.59 Å². The predicted molar refractivity (Wildman–Crippen MR) is 102 cm³/mol. The summed E-state index contributed by atoms with van der Waals surface area (Å²) in [5.74, 6) is 0.788. The first kappa shape index (κ1) is 21.2. The Bertz CT molecular complexity index is 562. The van der Waals surface area contributed by atoms with E-state index >= 15 is 0 Å². The Morgan fingerprint density at radius 2 is 2.29 bits per heavy atom.